The second kappa shape index (κ2) is 5.73. The molecule has 0 spiro atoms. The van der Waals surface area contributed by atoms with Crippen molar-refractivity contribution in [2.24, 2.45) is 0 Å². The van der Waals surface area contributed by atoms with E-state index in [1.807, 2.05) is 17.2 Å². The van der Waals surface area contributed by atoms with Crippen molar-refractivity contribution in [2.45, 2.75) is 31.5 Å². The molecule has 0 aliphatic carbocycles. The van der Waals surface area contributed by atoms with Crippen LogP contribution in [-0.4, -0.2) is 55.5 Å². The molecule has 0 N–H and O–H groups in total. The van der Waals surface area contributed by atoms with Crippen LogP contribution in [0.5, 0.6) is 0 Å². The van der Waals surface area contributed by atoms with Crippen LogP contribution in [0.4, 0.5) is 0 Å². The van der Waals surface area contributed by atoms with Crippen LogP contribution in [0.3, 0.4) is 0 Å². The van der Waals surface area contributed by atoms with E-state index in [9.17, 15) is 4.79 Å². The summed E-state index contributed by atoms with van der Waals surface area (Å²) in [5, 5.41) is 5.67. The van der Waals surface area contributed by atoms with Gasteiger partial charge in [-0.25, -0.2) is 0 Å². The first-order valence-corrected chi connectivity index (χ1v) is 8.36. The molecule has 1 amide bonds. The Balaban J connectivity index is 1.47. The van der Waals surface area contributed by atoms with Gasteiger partial charge in [-0.05, 0) is 36.0 Å². The van der Waals surface area contributed by atoms with Crippen LogP contribution in [0, 0.1) is 0 Å². The maximum Gasteiger partial charge on any atom is 0.275 e. The molecule has 2 saturated heterocycles. The van der Waals surface area contributed by atoms with Gasteiger partial charge in [-0.15, -0.1) is 5.10 Å². The summed E-state index contributed by atoms with van der Waals surface area (Å²) in [7, 11) is 0. The molecular formula is C15H17N5OS. The zero-order valence-electron chi connectivity index (χ0n) is 12.1. The third-order valence-electron chi connectivity index (χ3n) is 4.50. The molecule has 0 aromatic carbocycles. The van der Waals surface area contributed by atoms with Crippen LogP contribution in [-0.2, 0) is 6.54 Å². The first-order valence-electron chi connectivity index (χ1n) is 7.52. The fraction of sp³-hybridized carbons (Fsp3) is 0.467. The Bertz CT molecular complexity index is 633. The number of amides is 1. The Morgan fingerprint density at radius 1 is 1.32 bits per heavy atom. The minimum absolute atomic E-state index is 0.0438. The topological polar surface area (TPSA) is 62.2 Å². The molecule has 2 aromatic heterocycles. The molecule has 0 saturated carbocycles. The lowest BCUT2D eigenvalue weighted by Crippen LogP contribution is -2.55. The molecule has 7 heteroatoms. The van der Waals surface area contributed by atoms with Gasteiger partial charge in [-0.1, -0.05) is 10.6 Å². The molecule has 114 valence electrons. The summed E-state index contributed by atoms with van der Waals surface area (Å²) in [5.74, 6) is 0.0438. The first-order chi connectivity index (χ1) is 10.8. The summed E-state index contributed by atoms with van der Waals surface area (Å²) in [5.41, 5.74) is 1.72. The van der Waals surface area contributed by atoms with Crippen LogP contribution in [0.15, 0.2) is 29.9 Å². The second-order valence-corrected chi connectivity index (χ2v) is 6.55. The summed E-state index contributed by atoms with van der Waals surface area (Å²) < 4.78 is 3.81. The fourth-order valence-electron chi connectivity index (χ4n) is 3.59. The Morgan fingerprint density at radius 2 is 2.14 bits per heavy atom. The summed E-state index contributed by atoms with van der Waals surface area (Å²) in [6.45, 7) is 2.75. The molecule has 22 heavy (non-hydrogen) atoms. The van der Waals surface area contributed by atoms with Gasteiger partial charge in [0.05, 0.1) is 0 Å². The minimum atomic E-state index is 0.0438. The van der Waals surface area contributed by atoms with Gasteiger partial charge < -0.3 is 4.90 Å². The van der Waals surface area contributed by atoms with E-state index in [2.05, 4.69) is 25.5 Å². The minimum Gasteiger partial charge on any atom is -0.329 e. The lowest BCUT2D eigenvalue weighted by Gasteiger charge is -2.40. The number of rotatable bonds is 3. The van der Waals surface area contributed by atoms with Crippen molar-refractivity contribution in [2.75, 3.05) is 13.1 Å². The number of likely N-dealkylation sites (tertiary alicyclic amines) is 1. The van der Waals surface area contributed by atoms with Crippen molar-refractivity contribution >= 4 is 17.4 Å². The molecule has 2 bridgehead atoms. The standard InChI is InChI=1S/C15H17N5OS/c21-15(14-10-22-18-17-14)20-12-3-4-13(20)9-19(8-12)7-11-2-1-5-16-6-11/h1-2,5-6,10,12-13H,3-4,7-9H2. The van der Waals surface area contributed by atoms with E-state index in [-0.39, 0.29) is 5.91 Å². The van der Waals surface area contributed by atoms with Crippen molar-refractivity contribution in [1.29, 1.82) is 0 Å². The maximum atomic E-state index is 12.6. The average molecular weight is 315 g/mol. The summed E-state index contributed by atoms with van der Waals surface area (Å²) in [4.78, 5) is 21.2. The predicted octanol–water partition coefficient (Wildman–Crippen LogP) is 1.42. The number of pyridine rings is 1. The van der Waals surface area contributed by atoms with Gasteiger partial charge in [0.2, 0.25) is 0 Å². The average Bonchev–Trinajstić information content (AvgIpc) is 3.15. The van der Waals surface area contributed by atoms with Crippen molar-refractivity contribution in [3.05, 3.63) is 41.2 Å². The third-order valence-corrected chi connectivity index (χ3v) is 5.01. The van der Waals surface area contributed by atoms with E-state index < -0.39 is 0 Å². The van der Waals surface area contributed by atoms with E-state index in [0.717, 1.165) is 32.5 Å². The van der Waals surface area contributed by atoms with Crippen molar-refractivity contribution in [3.63, 3.8) is 0 Å². The van der Waals surface area contributed by atoms with E-state index in [4.69, 9.17) is 0 Å². The zero-order chi connectivity index (χ0) is 14.9. The molecule has 0 radical (unpaired) electrons. The largest absolute Gasteiger partial charge is 0.329 e. The number of carbonyl (C=O) groups is 1. The van der Waals surface area contributed by atoms with Gasteiger partial charge in [0.1, 0.15) is 0 Å². The maximum absolute atomic E-state index is 12.6. The predicted molar refractivity (Wildman–Crippen MR) is 82.4 cm³/mol. The van der Waals surface area contributed by atoms with Gasteiger partial charge in [0.15, 0.2) is 5.69 Å². The van der Waals surface area contributed by atoms with E-state index >= 15 is 0 Å². The molecule has 2 aliphatic rings. The fourth-order valence-corrected chi connectivity index (χ4v) is 4.02. The molecule has 2 fully saturated rings. The highest BCUT2D eigenvalue weighted by Gasteiger charge is 2.43. The van der Waals surface area contributed by atoms with Crippen LogP contribution in [0.1, 0.15) is 28.9 Å². The molecule has 6 nitrogen and oxygen atoms in total. The molecule has 4 heterocycles. The Hall–Kier alpha value is -1.86. The monoisotopic (exact) mass is 315 g/mol. The molecule has 2 unspecified atom stereocenters. The quantitative estimate of drug-likeness (QED) is 0.857. The number of fused-ring (bicyclic) bond motifs is 2. The van der Waals surface area contributed by atoms with Gasteiger partial charge >= 0.3 is 0 Å². The molecule has 2 aliphatic heterocycles. The highest BCUT2D eigenvalue weighted by atomic mass is 32.1. The normalized spacial score (nSPS) is 24.6. The van der Waals surface area contributed by atoms with Gasteiger partial charge in [0, 0.05) is 49.5 Å². The number of aromatic nitrogens is 3. The number of hydrogen-bond donors (Lipinski definition) is 0. The number of piperazine rings is 1. The van der Waals surface area contributed by atoms with E-state index in [1.54, 1.807) is 11.6 Å². The van der Waals surface area contributed by atoms with Crippen LogP contribution in [0.2, 0.25) is 0 Å². The van der Waals surface area contributed by atoms with Crippen LogP contribution < -0.4 is 0 Å². The van der Waals surface area contributed by atoms with E-state index in [0.29, 0.717) is 17.8 Å². The lowest BCUT2D eigenvalue weighted by atomic mass is 10.1. The smallest absolute Gasteiger partial charge is 0.275 e. The third kappa shape index (κ3) is 2.50. The SMILES string of the molecule is O=C(c1csnn1)N1C2CCC1CN(Cc1cccnc1)C2. The van der Waals surface area contributed by atoms with Gasteiger partial charge in [-0.3, -0.25) is 14.7 Å². The highest BCUT2D eigenvalue weighted by molar-refractivity contribution is 7.03. The number of nitrogens with zero attached hydrogens (tertiary/aromatic N) is 5. The lowest BCUT2D eigenvalue weighted by molar-refractivity contribution is 0.0399. The second-order valence-electron chi connectivity index (χ2n) is 5.94. The van der Waals surface area contributed by atoms with Crippen LogP contribution in [0.25, 0.3) is 0 Å². The highest BCUT2D eigenvalue weighted by Crippen LogP contribution is 2.32. The summed E-state index contributed by atoms with van der Waals surface area (Å²) in [6, 6.07) is 4.67. The molecule has 2 atom stereocenters. The summed E-state index contributed by atoms with van der Waals surface area (Å²) in [6.07, 6.45) is 5.88. The van der Waals surface area contributed by atoms with Crippen molar-refractivity contribution < 1.29 is 4.79 Å². The number of carbonyl (C=O) groups excluding carboxylic acids is 1. The molecule has 2 aromatic rings. The van der Waals surface area contributed by atoms with Gasteiger partial charge in [0.25, 0.3) is 5.91 Å². The van der Waals surface area contributed by atoms with Crippen molar-refractivity contribution in [3.8, 4) is 0 Å². The first kappa shape index (κ1) is 13.8. The Morgan fingerprint density at radius 3 is 2.77 bits per heavy atom. The number of hydrogen-bond acceptors (Lipinski definition) is 6. The molecular weight excluding hydrogens is 298 g/mol. The Labute approximate surface area is 132 Å². The zero-order valence-corrected chi connectivity index (χ0v) is 12.9. The summed E-state index contributed by atoms with van der Waals surface area (Å²) >= 11 is 1.23. The van der Waals surface area contributed by atoms with E-state index in [1.165, 1.54) is 17.1 Å². The van der Waals surface area contributed by atoms with Gasteiger partial charge in [-0.2, -0.15) is 0 Å². The molecule has 4 rings (SSSR count). The van der Waals surface area contributed by atoms with Crippen molar-refractivity contribution in [1.82, 2.24) is 24.4 Å². The Kier molecular flexibility index (Phi) is 3.59. The van der Waals surface area contributed by atoms with Crippen LogP contribution >= 0.6 is 11.5 Å².